The number of nitrogens with zero attached hydrogens (tertiary/aromatic N) is 2. The molecule has 0 aliphatic rings. The van der Waals surface area contributed by atoms with Gasteiger partial charge in [0, 0.05) is 23.3 Å². The molecule has 8 nitrogen and oxygen atoms in total. The van der Waals surface area contributed by atoms with Crippen LogP contribution in [0.5, 0.6) is 5.75 Å². The Balaban J connectivity index is 1.55. The molecule has 2 heterocycles. The summed E-state index contributed by atoms with van der Waals surface area (Å²) in [5.41, 5.74) is 1.72. The molecule has 0 fully saturated rings. The van der Waals surface area contributed by atoms with Crippen LogP contribution in [0, 0.1) is 0 Å². The zero-order valence-corrected chi connectivity index (χ0v) is 15.9. The van der Waals surface area contributed by atoms with E-state index in [0.717, 1.165) is 16.9 Å². The second-order valence-electron chi connectivity index (χ2n) is 6.20. The van der Waals surface area contributed by atoms with E-state index in [4.69, 9.17) is 19.0 Å². The molecule has 1 N–H and O–H groups in total. The van der Waals surface area contributed by atoms with Crippen LogP contribution >= 0.6 is 0 Å². The van der Waals surface area contributed by atoms with E-state index in [9.17, 15) is 9.59 Å². The number of carbonyl (C=O) groups excluding carboxylic acids is 1. The van der Waals surface area contributed by atoms with Crippen LogP contribution in [0.1, 0.15) is 12.8 Å². The van der Waals surface area contributed by atoms with Crippen molar-refractivity contribution in [1.29, 1.82) is 0 Å². The highest BCUT2D eigenvalue weighted by Gasteiger charge is 2.12. The summed E-state index contributed by atoms with van der Waals surface area (Å²) in [5.74, 6) is 0.397. The Kier molecular flexibility index (Phi) is 6.57. The van der Waals surface area contributed by atoms with Gasteiger partial charge in [0.15, 0.2) is 31.3 Å². The lowest BCUT2D eigenvalue weighted by molar-refractivity contribution is -0.697. The molecule has 0 amide bonds. The molecule has 29 heavy (non-hydrogen) atoms. The lowest BCUT2D eigenvalue weighted by Gasteiger charge is -2.02. The molecule has 0 aliphatic carbocycles. The maximum atomic E-state index is 11.4. The standard InChI is InChI=1S/C21H20N2O6/c1-27-17-4-2-15(3-5-17)18-14-22-21(29-18)16-8-10-23(11-9-16)12-13-28-20(26)7-6-19(24)25/h2-5,8-11,14H,6-7,12-13H2,1H3/p+1. The molecule has 8 heteroatoms. The van der Waals surface area contributed by atoms with Gasteiger partial charge in [0.25, 0.3) is 0 Å². The molecule has 2 aromatic heterocycles. The fraction of sp³-hybridized carbons (Fsp3) is 0.238. The minimum absolute atomic E-state index is 0.125. The summed E-state index contributed by atoms with van der Waals surface area (Å²) in [5, 5.41) is 8.54. The summed E-state index contributed by atoms with van der Waals surface area (Å²) in [4.78, 5) is 26.2. The van der Waals surface area contributed by atoms with E-state index in [1.54, 1.807) is 13.3 Å². The first-order valence-electron chi connectivity index (χ1n) is 9.02. The first-order chi connectivity index (χ1) is 14.0. The Morgan fingerprint density at radius 1 is 1.07 bits per heavy atom. The van der Waals surface area contributed by atoms with Crippen LogP contribution < -0.4 is 9.30 Å². The van der Waals surface area contributed by atoms with Crippen molar-refractivity contribution in [2.75, 3.05) is 13.7 Å². The van der Waals surface area contributed by atoms with Crippen molar-refractivity contribution in [2.24, 2.45) is 0 Å². The van der Waals surface area contributed by atoms with Crippen molar-refractivity contribution >= 4 is 11.9 Å². The SMILES string of the molecule is COc1ccc(-c2cnc(-c3cc[n+](CCOC(=O)CCC(=O)O)cc3)o2)cc1. The van der Waals surface area contributed by atoms with E-state index in [0.29, 0.717) is 18.2 Å². The molecule has 0 saturated heterocycles. The molecule has 0 unspecified atom stereocenters. The second kappa shape index (κ2) is 9.50. The fourth-order valence-electron chi connectivity index (χ4n) is 2.59. The van der Waals surface area contributed by atoms with E-state index in [2.05, 4.69) is 4.98 Å². The van der Waals surface area contributed by atoms with Gasteiger partial charge in [-0.25, -0.2) is 9.55 Å². The predicted octanol–water partition coefficient (Wildman–Crippen LogP) is 2.71. The molecule has 3 aromatic rings. The number of carboxylic acid groups (broad SMARTS) is 1. The maximum Gasteiger partial charge on any atom is 0.306 e. The van der Waals surface area contributed by atoms with Crippen molar-refractivity contribution in [3.05, 3.63) is 55.0 Å². The van der Waals surface area contributed by atoms with E-state index in [1.165, 1.54) is 0 Å². The van der Waals surface area contributed by atoms with E-state index in [-0.39, 0.29) is 19.4 Å². The lowest BCUT2D eigenvalue weighted by Crippen LogP contribution is -2.35. The van der Waals surface area contributed by atoms with Crippen molar-refractivity contribution in [3.63, 3.8) is 0 Å². The van der Waals surface area contributed by atoms with Crippen LogP contribution in [0.25, 0.3) is 22.8 Å². The fourth-order valence-corrected chi connectivity index (χ4v) is 2.59. The van der Waals surface area contributed by atoms with Gasteiger partial charge in [-0.15, -0.1) is 0 Å². The zero-order chi connectivity index (χ0) is 20.6. The van der Waals surface area contributed by atoms with Crippen LogP contribution in [0.3, 0.4) is 0 Å². The summed E-state index contributed by atoms with van der Waals surface area (Å²) in [6, 6.07) is 11.2. The smallest absolute Gasteiger partial charge is 0.306 e. The highest BCUT2D eigenvalue weighted by molar-refractivity contribution is 5.76. The van der Waals surface area contributed by atoms with Gasteiger partial charge in [-0.3, -0.25) is 9.59 Å². The third kappa shape index (κ3) is 5.65. The minimum atomic E-state index is -1.02. The van der Waals surface area contributed by atoms with Crippen molar-refractivity contribution in [1.82, 2.24) is 4.98 Å². The summed E-state index contributed by atoms with van der Waals surface area (Å²) < 4.78 is 17.9. The number of aliphatic carboxylic acids is 1. The Bertz CT molecular complexity index is 964. The van der Waals surface area contributed by atoms with E-state index in [1.807, 2.05) is 53.4 Å². The highest BCUT2D eigenvalue weighted by Crippen LogP contribution is 2.26. The van der Waals surface area contributed by atoms with Crippen LogP contribution in [-0.4, -0.2) is 35.7 Å². The molecule has 0 atom stereocenters. The predicted molar refractivity (Wildman–Crippen MR) is 102 cm³/mol. The number of methoxy groups -OCH3 is 1. The Labute approximate surface area is 167 Å². The quantitative estimate of drug-likeness (QED) is 0.437. The molecule has 0 radical (unpaired) electrons. The highest BCUT2D eigenvalue weighted by atomic mass is 16.5. The number of benzene rings is 1. The monoisotopic (exact) mass is 397 g/mol. The van der Waals surface area contributed by atoms with E-state index >= 15 is 0 Å². The topological polar surface area (TPSA) is 103 Å². The van der Waals surface area contributed by atoms with Crippen LogP contribution in [-0.2, 0) is 20.9 Å². The number of carboxylic acids is 1. The molecule has 0 aliphatic heterocycles. The summed E-state index contributed by atoms with van der Waals surface area (Å²) >= 11 is 0. The zero-order valence-electron chi connectivity index (χ0n) is 15.9. The molecule has 150 valence electrons. The van der Waals surface area contributed by atoms with Gasteiger partial charge in [-0.2, -0.15) is 0 Å². The molecule has 1 aromatic carbocycles. The Morgan fingerprint density at radius 2 is 1.79 bits per heavy atom. The number of hydrogen-bond acceptors (Lipinski definition) is 6. The van der Waals surface area contributed by atoms with Gasteiger partial charge in [-0.05, 0) is 24.3 Å². The second-order valence-corrected chi connectivity index (χ2v) is 6.20. The van der Waals surface area contributed by atoms with Crippen LogP contribution in [0.2, 0.25) is 0 Å². The number of pyridine rings is 1. The number of esters is 1. The number of hydrogen-bond donors (Lipinski definition) is 1. The van der Waals surface area contributed by atoms with Crippen molar-refractivity contribution < 1.29 is 33.2 Å². The van der Waals surface area contributed by atoms with Crippen LogP contribution in [0.4, 0.5) is 0 Å². The Morgan fingerprint density at radius 3 is 2.45 bits per heavy atom. The molecule has 0 spiro atoms. The number of ether oxygens (including phenoxy) is 2. The number of aromatic nitrogens is 2. The van der Waals surface area contributed by atoms with Gasteiger partial charge >= 0.3 is 11.9 Å². The molecular weight excluding hydrogens is 376 g/mol. The maximum absolute atomic E-state index is 11.4. The average Bonchev–Trinajstić information content (AvgIpc) is 3.23. The van der Waals surface area contributed by atoms with Gasteiger partial charge in [0.2, 0.25) is 5.89 Å². The first-order valence-corrected chi connectivity index (χ1v) is 9.02. The number of oxazole rings is 1. The summed E-state index contributed by atoms with van der Waals surface area (Å²) in [6.07, 6.45) is 4.99. The van der Waals surface area contributed by atoms with Gasteiger partial charge in [-0.1, -0.05) is 0 Å². The minimum Gasteiger partial charge on any atom is -0.497 e. The third-order valence-corrected chi connectivity index (χ3v) is 4.17. The molecule has 0 bridgehead atoms. The van der Waals surface area contributed by atoms with Crippen LogP contribution in [0.15, 0.2) is 59.4 Å². The van der Waals surface area contributed by atoms with Gasteiger partial charge in [0.05, 0.1) is 26.1 Å². The van der Waals surface area contributed by atoms with Gasteiger partial charge < -0.3 is 19.0 Å². The van der Waals surface area contributed by atoms with Gasteiger partial charge in [0.1, 0.15) is 5.75 Å². The van der Waals surface area contributed by atoms with Crippen molar-refractivity contribution in [2.45, 2.75) is 19.4 Å². The number of rotatable bonds is 9. The Hall–Kier alpha value is -3.68. The van der Waals surface area contributed by atoms with Crippen molar-refractivity contribution in [3.8, 4) is 28.5 Å². The largest absolute Gasteiger partial charge is 0.497 e. The molecule has 0 saturated carbocycles. The number of carbonyl (C=O) groups is 2. The molecular formula is C21H21N2O6+. The first kappa shape index (κ1) is 20.1. The third-order valence-electron chi connectivity index (χ3n) is 4.17. The normalized spacial score (nSPS) is 10.5. The lowest BCUT2D eigenvalue weighted by atomic mass is 10.2. The molecule has 3 rings (SSSR count). The van der Waals surface area contributed by atoms with E-state index < -0.39 is 11.9 Å². The summed E-state index contributed by atoms with van der Waals surface area (Å²) in [7, 11) is 1.62. The average molecular weight is 397 g/mol. The summed E-state index contributed by atoms with van der Waals surface area (Å²) in [6.45, 7) is 0.630.